The van der Waals surface area contributed by atoms with Crippen LogP contribution in [0.2, 0.25) is 5.02 Å². The molecule has 2 saturated carbocycles. The smallest absolute Gasteiger partial charge is 0.282 e. The van der Waals surface area contributed by atoms with Crippen molar-refractivity contribution in [1.82, 2.24) is 9.55 Å². The van der Waals surface area contributed by atoms with Crippen LogP contribution in [-0.2, 0) is 5.41 Å². The maximum absolute atomic E-state index is 13.1. The molecule has 0 amide bonds. The zero-order valence-corrected chi connectivity index (χ0v) is 19.6. The van der Waals surface area contributed by atoms with Gasteiger partial charge in [-0.25, -0.2) is 0 Å². The molecule has 2 aromatic carbocycles. The molecule has 2 fully saturated rings. The van der Waals surface area contributed by atoms with Crippen molar-refractivity contribution in [1.29, 1.82) is 0 Å². The van der Waals surface area contributed by atoms with E-state index in [0.717, 1.165) is 30.1 Å². The highest BCUT2D eigenvalue weighted by Gasteiger charge is 2.46. The van der Waals surface area contributed by atoms with Crippen LogP contribution in [0, 0.1) is 5.92 Å². The summed E-state index contributed by atoms with van der Waals surface area (Å²) in [5.41, 5.74) is 4.63. The number of benzene rings is 2. The van der Waals surface area contributed by atoms with Crippen molar-refractivity contribution in [3.05, 3.63) is 68.7 Å². The van der Waals surface area contributed by atoms with Gasteiger partial charge in [0.05, 0.1) is 27.0 Å². The van der Waals surface area contributed by atoms with Gasteiger partial charge < -0.3 is 0 Å². The second-order valence-corrected chi connectivity index (χ2v) is 10.7. The summed E-state index contributed by atoms with van der Waals surface area (Å²) in [6.07, 6.45) is 12.3. The summed E-state index contributed by atoms with van der Waals surface area (Å²) in [6, 6.07) is 13.0. The normalized spacial score (nSPS) is 23.9. The standard InChI is InChI=1S/C28H31ClN2O/c1-2-18-9-11-19(12-10-18)20-13-14-21-24(17-20)31-23-8-6-7-22(29)25(23)26(32)30-27(31)28(21)15-4-3-5-16-28/h6-8,13-14,17-19H,2-5,9-12,15-16H2,1H3. The first kappa shape index (κ1) is 20.5. The minimum absolute atomic E-state index is 0.137. The summed E-state index contributed by atoms with van der Waals surface area (Å²) in [5, 5.41) is 1.04. The van der Waals surface area contributed by atoms with E-state index < -0.39 is 0 Å². The first-order valence-electron chi connectivity index (χ1n) is 12.5. The fourth-order valence-corrected chi connectivity index (χ4v) is 7.11. The van der Waals surface area contributed by atoms with E-state index in [0.29, 0.717) is 16.3 Å². The monoisotopic (exact) mass is 446 g/mol. The predicted molar refractivity (Wildman–Crippen MR) is 131 cm³/mol. The molecule has 1 spiro atoms. The molecule has 0 saturated heterocycles. The second kappa shape index (κ2) is 7.73. The van der Waals surface area contributed by atoms with Crippen LogP contribution in [0.3, 0.4) is 0 Å². The molecule has 3 aromatic rings. The number of fused-ring (bicyclic) bond motifs is 7. The molecule has 32 heavy (non-hydrogen) atoms. The molecule has 0 bridgehead atoms. The number of rotatable bonds is 2. The van der Waals surface area contributed by atoms with E-state index in [1.165, 1.54) is 68.2 Å². The molecule has 2 heterocycles. The van der Waals surface area contributed by atoms with Gasteiger partial charge in [-0.2, -0.15) is 4.98 Å². The molecule has 4 heteroatoms. The lowest BCUT2D eigenvalue weighted by Gasteiger charge is -2.34. The molecule has 166 valence electrons. The number of hydrogen-bond donors (Lipinski definition) is 0. The van der Waals surface area contributed by atoms with Crippen LogP contribution in [0.4, 0.5) is 0 Å². The van der Waals surface area contributed by atoms with Gasteiger partial charge >= 0.3 is 0 Å². The minimum atomic E-state index is -0.187. The van der Waals surface area contributed by atoms with Crippen molar-refractivity contribution >= 4 is 22.5 Å². The van der Waals surface area contributed by atoms with E-state index in [1.54, 1.807) is 6.07 Å². The fraction of sp³-hybridized carbons (Fsp3) is 0.500. The van der Waals surface area contributed by atoms with Crippen molar-refractivity contribution in [3.63, 3.8) is 0 Å². The van der Waals surface area contributed by atoms with Gasteiger partial charge in [-0.15, -0.1) is 0 Å². The summed E-state index contributed by atoms with van der Waals surface area (Å²) in [6.45, 7) is 2.32. The summed E-state index contributed by atoms with van der Waals surface area (Å²) < 4.78 is 2.28. The number of halogens is 1. The van der Waals surface area contributed by atoms with Crippen molar-refractivity contribution < 1.29 is 0 Å². The van der Waals surface area contributed by atoms with Gasteiger partial charge in [0.15, 0.2) is 0 Å². The lowest BCUT2D eigenvalue weighted by Crippen LogP contribution is -2.32. The maximum atomic E-state index is 13.1. The minimum Gasteiger partial charge on any atom is -0.296 e. The molecule has 6 rings (SSSR count). The van der Waals surface area contributed by atoms with Gasteiger partial charge in [-0.05, 0) is 79.7 Å². The molecule has 3 aliphatic rings. The molecular formula is C28H31ClN2O. The Labute approximate surface area is 194 Å². The maximum Gasteiger partial charge on any atom is 0.282 e. The predicted octanol–water partition coefficient (Wildman–Crippen LogP) is 7.29. The Balaban J connectivity index is 1.57. The van der Waals surface area contributed by atoms with Crippen LogP contribution >= 0.6 is 11.6 Å². The molecule has 0 atom stereocenters. The van der Waals surface area contributed by atoms with Crippen molar-refractivity contribution in [2.45, 2.75) is 82.5 Å². The summed E-state index contributed by atoms with van der Waals surface area (Å²) in [7, 11) is 0. The third kappa shape index (κ3) is 2.93. The molecule has 2 aliphatic carbocycles. The van der Waals surface area contributed by atoms with E-state index in [4.69, 9.17) is 16.6 Å². The van der Waals surface area contributed by atoms with Gasteiger partial charge in [0, 0.05) is 0 Å². The number of nitrogens with zero attached hydrogens (tertiary/aromatic N) is 2. The van der Waals surface area contributed by atoms with Crippen LogP contribution in [0.15, 0.2) is 41.2 Å². The molecule has 0 unspecified atom stereocenters. The highest BCUT2D eigenvalue weighted by molar-refractivity contribution is 6.35. The molecular weight excluding hydrogens is 416 g/mol. The van der Waals surface area contributed by atoms with E-state index in [9.17, 15) is 4.79 Å². The Hall–Kier alpha value is -2.13. The Morgan fingerprint density at radius 2 is 1.84 bits per heavy atom. The lowest BCUT2D eigenvalue weighted by molar-refractivity contribution is 0.318. The Morgan fingerprint density at radius 3 is 2.59 bits per heavy atom. The molecule has 0 radical (unpaired) electrons. The summed E-state index contributed by atoms with van der Waals surface area (Å²) in [4.78, 5) is 17.8. The average molecular weight is 447 g/mol. The van der Waals surface area contributed by atoms with Crippen LogP contribution in [-0.4, -0.2) is 9.55 Å². The third-order valence-electron chi connectivity index (χ3n) is 8.67. The van der Waals surface area contributed by atoms with E-state index in [2.05, 4.69) is 29.7 Å². The molecule has 1 aliphatic heterocycles. The van der Waals surface area contributed by atoms with E-state index in [-0.39, 0.29) is 11.0 Å². The Kier molecular flexibility index (Phi) is 4.94. The van der Waals surface area contributed by atoms with Crippen LogP contribution in [0.1, 0.15) is 94.0 Å². The van der Waals surface area contributed by atoms with Gasteiger partial charge in [-0.3, -0.25) is 9.36 Å². The van der Waals surface area contributed by atoms with E-state index >= 15 is 0 Å². The summed E-state index contributed by atoms with van der Waals surface area (Å²) >= 11 is 6.50. The summed E-state index contributed by atoms with van der Waals surface area (Å²) in [5.74, 6) is 2.47. The van der Waals surface area contributed by atoms with Crippen LogP contribution < -0.4 is 5.56 Å². The van der Waals surface area contributed by atoms with Crippen molar-refractivity contribution in [2.75, 3.05) is 0 Å². The second-order valence-electron chi connectivity index (χ2n) is 10.3. The van der Waals surface area contributed by atoms with Crippen molar-refractivity contribution in [2.24, 2.45) is 5.92 Å². The Morgan fingerprint density at radius 1 is 1.06 bits per heavy atom. The van der Waals surface area contributed by atoms with Gasteiger partial charge in [0.25, 0.3) is 5.56 Å². The average Bonchev–Trinajstić information content (AvgIpc) is 3.08. The SMILES string of the molecule is CCC1CCC(c2ccc3c(c2)-n2c(nc(=O)c4c(Cl)cccc42)C32CCCCC2)CC1. The van der Waals surface area contributed by atoms with Gasteiger partial charge in [0.1, 0.15) is 5.82 Å². The number of aromatic nitrogens is 2. The number of hydrogen-bond acceptors (Lipinski definition) is 2. The topological polar surface area (TPSA) is 34.9 Å². The van der Waals surface area contributed by atoms with Crippen LogP contribution in [0.25, 0.3) is 16.6 Å². The highest BCUT2D eigenvalue weighted by atomic mass is 35.5. The highest BCUT2D eigenvalue weighted by Crippen LogP contribution is 2.52. The first-order valence-corrected chi connectivity index (χ1v) is 12.9. The van der Waals surface area contributed by atoms with Crippen LogP contribution in [0.5, 0.6) is 0 Å². The van der Waals surface area contributed by atoms with Crippen molar-refractivity contribution in [3.8, 4) is 5.69 Å². The Bertz CT molecular complexity index is 1250. The quantitative estimate of drug-likeness (QED) is 0.414. The fourth-order valence-electron chi connectivity index (χ4n) is 6.86. The zero-order valence-electron chi connectivity index (χ0n) is 18.9. The molecule has 1 aromatic heterocycles. The zero-order chi connectivity index (χ0) is 21.9. The van der Waals surface area contributed by atoms with Gasteiger partial charge in [0.2, 0.25) is 0 Å². The lowest BCUT2D eigenvalue weighted by atomic mass is 9.69. The first-order chi connectivity index (χ1) is 15.6. The van der Waals surface area contributed by atoms with E-state index in [1.807, 2.05) is 12.1 Å². The van der Waals surface area contributed by atoms with Gasteiger partial charge in [-0.1, -0.05) is 62.4 Å². The molecule has 0 N–H and O–H groups in total. The third-order valence-corrected chi connectivity index (χ3v) is 8.99. The molecule has 3 nitrogen and oxygen atoms in total. The largest absolute Gasteiger partial charge is 0.296 e.